The Labute approximate surface area is 115 Å². The standard InChI is InChI=1S/C11H7BrClF2NS/c12-9-2-7(14)3-10(15)11(9)16-4-8-1-6(13)5-17-8/h1-3,5,16H,4H2. The Morgan fingerprint density at radius 2 is 2.06 bits per heavy atom. The maximum absolute atomic E-state index is 13.5. The molecule has 2 rings (SSSR count). The normalized spacial score (nSPS) is 10.6. The SMILES string of the molecule is Fc1cc(F)c(NCc2cc(Cl)cs2)c(Br)c1. The molecular weight excluding hydrogens is 332 g/mol. The van der Waals surface area contributed by atoms with Gasteiger partial charge in [-0.05, 0) is 28.1 Å². The molecule has 17 heavy (non-hydrogen) atoms. The number of halogens is 4. The molecule has 0 aliphatic rings. The average molecular weight is 339 g/mol. The monoisotopic (exact) mass is 337 g/mol. The molecule has 0 atom stereocenters. The highest BCUT2D eigenvalue weighted by molar-refractivity contribution is 9.10. The Hall–Kier alpha value is -0.650. The van der Waals surface area contributed by atoms with Gasteiger partial charge in [0.2, 0.25) is 0 Å². The highest BCUT2D eigenvalue weighted by atomic mass is 79.9. The molecule has 6 heteroatoms. The van der Waals surface area contributed by atoms with Gasteiger partial charge in [-0.1, -0.05) is 11.6 Å². The smallest absolute Gasteiger partial charge is 0.150 e. The van der Waals surface area contributed by atoms with Crippen molar-refractivity contribution < 1.29 is 8.78 Å². The molecule has 0 fully saturated rings. The second kappa shape index (κ2) is 5.33. The Bertz CT molecular complexity index is 521. The summed E-state index contributed by atoms with van der Waals surface area (Å²) in [6.45, 7) is 0.443. The van der Waals surface area contributed by atoms with Gasteiger partial charge in [-0.25, -0.2) is 8.78 Å². The zero-order valence-corrected chi connectivity index (χ0v) is 11.6. The number of rotatable bonds is 3. The number of anilines is 1. The summed E-state index contributed by atoms with van der Waals surface area (Å²) < 4.78 is 26.7. The van der Waals surface area contributed by atoms with Crippen molar-refractivity contribution in [2.24, 2.45) is 0 Å². The van der Waals surface area contributed by atoms with Gasteiger partial charge in [0.25, 0.3) is 0 Å². The highest BCUT2D eigenvalue weighted by Gasteiger charge is 2.09. The van der Waals surface area contributed by atoms with Crippen LogP contribution in [0.3, 0.4) is 0 Å². The van der Waals surface area contributed by atoms with Gasteiger partial charge in [0, 0.05) is 27.3 Å². The van der Waals surface area contributed by atoms with Crippen LogP contribution in [0.1, 0.15) is 4.88 Å². The minimum atomic E-state index is -0.625. The van der Waals surface area contributed by atoms with E-state index in [1.54, 1.807) is 11.4 Å². The van der Waals surface area contributed by atoms with Crippen molar-refractivity contribution in [2.45, 2.75) is 6.54 Å². The summed E-state index contributed by atoms with van der Waals surface area (Å²) in [5, 5.41) is 5.36. The Morgan fingerprint density at radius 1 is 1.29 bits per heavy atom. The molecule has 0 aliphatic heterocycles. The van der Waals surface area contributed by atoms with E-state index in [2.05, 4.69) is 21.2 Å². The quantitative estimate of drug-likeness (QED) is 0.825. The maximum atomic E-state index is 13.5. The molecule has 0 saturated heterocycles. The number of benzene rings is 1. The maximum Gasteiger partial charge on any atom is 0.150 e. The highest BCUT2D eigenvalue weighted by Crippen LogP contribution is 2.28. The number of hydrogen-bond donors (Lipinski definition) is 1. The summed E-state index contributed by atoms with van der Waals surface area (Å²) in [4.78, 5) is 0.977. The van der Waals surface area contributed by atoms with Crippen LogP contribution in [-0.4, -0.2) is 0 Å². The third kappa shape index (κ3) is 3.18. The van der Waals surface area contributed by atoms with E-state index >= 15 is 0 Å². The van der Waals surface area contributed by atoms with Crippen molar-refractivity contribution in [3.8, 4) is 0 Å². The molecule has 0 bridgehead atoms. The van der Waals surface area contributed by atoms with Crippen LogP contribution in [-0.2, 0) is 6.54 Å². The summed E-state index contributed by atoms with van der Waals surface area (Å²) >= 11 is 10.4. The Morgan fingerprint density at radius 3 is 2.65 bits per heavy atom. The zero-order valence-electron chi connectivity index (χ0n) is 8.44. The van der Waals surface area contributed by atoms with Gasteiger partial charge in [0.15, 0.2) is 0 Å². The summed E-state index contributed by atoms with van der Waals surface area (Å²) in [6.07, 6.45) is 0. The molecule has 0 amide bonds. The van der Waals surface area contributed by atoms with Crippen LogP contribution in [0, 0.1) is 11.6 Å². The number of hydrogen-bond acceptors (Lipinski definition) is 2. The molecule has 0 aliphatic carbocycles. The van der Waals surface area contributed by atoms with E-state index in [-0.39, 0.29) is 5.69 Å². The van der Waals surface area contributed by atoms with Gasteiger partial charge in [-0.2, -0.15) is 0 Å². The molecule has 0 radical (unpaired) electrons. The first-order valence-corrected chi connectivity index (χ1v) is 6.72. The third-order valence-electron chi connectivity index (χ3n) is 2.07. The summed E-state index contributed by atoms with van der Waals surface area (Å²) in [6, 6.07) is 3.86. The molecule has 0 unspecified atom stereocenters. The first-order chi connectivity index (χ1) is 8.06. The second-order valence-electron chi connectivity index (χ2n) is 3.33. The molecule has 1 heterocycles. The number of nitrogens with one attached hydrogen (secondary N) is 1. The van der Waals surface area contributed by atoms with E-state index in [1.165, 1.54) is 17.4 Å². The van der Waals surface area contributed by atoms with Gasteiger partial charge in [0.05, 0.1) is 10.7 Å². The number of thiophene rings is 1. The van der Waals surface area contributed by atoms with Crippen LogP contribution < -0.4 is 5.32 Å². The predicted molar refractivity (Wildman–Crippen MR) is 70.7 cm³/mol. The molecule has 1 aromatic carbocycles. The van der Waals surface area contributed by atoms with Crippen molar-refractivity contribution in [2.75, 3.05) is 5.32 Å². The van der Waals surface area contributed by atoms with Crippen LogP contribution in [0.25, 0.3) is 0 Å². The van der Waals surface area contributed by atoms with E-state index in [0.717, 1.165) is 10.9 Å². The first kappa shape index (κ1) is 12.8. The van der Waals surface area contributed by atoms with Crippen molar-refractivity contribution >= 4 is 44.6 Å². The molecule has 1 nitrogen and oxygen atoms in total. The lowest BCUT2D eigenvalue weighted by Gasteiger charge is -2.08. The molecule has 0 saturated carbocycles. The lowest BCUT2D eigenvalue weighted by Crippen LogP contribution is -2.01. The minimum absolute atomic E-state index is 0.246. The van der Waals surface area contributed by atoms with E-state index in [9.17, 15) is 8.78 Å². The third-order valence-corrected chi connectivity index (χ3v) is 3.98. The van der Waals surface area contributed by atoms with Gasteiger partial charge < -0.3 is 5.32 Å². The predicted octanol–water partition coefficient (Wildman–Crippen LogP) is 5.05. The van der Waals surface area contributed by atoms with E-state index < -0.39 is 11.6 Å². The molecule has 0 spiro atoms. The minimum Gasteiger partial charge on any atom is -0.377 e. The average Bonchev–Trinajstić information content (AvgIpc) is 2.62. The van der Waals surface area contributed by atoms with E-state index in [1.807, 2.05) is 0 Å². The molecule has 1 N–H and O–H groups in total. The summed E-state index contributed by atoms with van der Waals surface area (Å²) in [5.41, 5.74) is 0.246. The van der Waals surface area contributed by atoms with Crippen LogP contribution in [0.15, 0.2) is 28.1 Å². The fourth-order valence-electron chi connectivity index (χ4n) is 1.33. The van der Waals surface area contributed by atoms with Crippen molar-refractivity contribution in [3.63, 3.8) is 0 Å². The largest absolute Gasteiger partial charge is 0.377 e. The van der Waals surface area contributed by atoms with Crippen LogP contribution in [0.5, 0.6) is 0 Å². The van der Waals surface area contributed by atoms with Crippen molar-refractivity contribution in [1.29, 1.82) is 0 Å². The second-order valence-corrected chi connectivity index (χ2v) is 5.62. The van der Waals surface area contributed by atoms with Gasteiger partial charge in [-0.3, -0.25) is 0 Å². The fourth-order valence-corrected chi connectivity index (χ4v) is 2.89. The Kier molecular flexibility index (Phi) is 4.01. The topological polar surface area (TPSA) is 12.0 Å². The van der Waals surface area contributed by atoms with Gasteiger partial charge in [-0.15, -0.1) is 11.3 Å². The van der Waals surface area contributed by atoms with Crippen molar-refractivity contribution in [3.05, 3.63) is 49.6 Å². The zero-order chi connectivity index (χ0) is 12.4. The lowest BCUT2D eigenvalue weighted by atomic mass is 10.3. The summed E-state index contributed by atoms with van der Waals surface area (Å²) in [5.74, 6) is -1.24. The van der Waals surface area contributed by atoms with Crippen LogP contribution >= 0.6 is 38.9 Å². The first-order valence-electron chi connectivity index (χ1n) is 4.67. The molecular formula is C11H7BrClF2NS. The Balaban J connectivity index is 2.14. The lowest BCUT2D eigenvalue weighted by molar-refractivity contribution is 0.583. The fraction of sp³-hybridized carbons (Fsp3) is 0.0909. The van der Waals surface area contributed by atoms with Gasteiger partial charge in [0.1, 0.15) is 11.6 Å². The van der Waals surface area contributed by atoms with E-state index in [0.29, 0.717) is 16.0 Å². The summed E-state index contributed by atoms with van der Waals surface area (Å²) in [7, 11) is 0. The molecule has 90 valence electrons. The van der Waals surface area contributed by atoms with Crippen LogP contribution in [0.4, 0.5) is 14.5 Å². The van der Waals surface area contributed by atoms with Gasteiger partial charge >= 0.3 is 0 Å². The van der Waals surface area contributed by atoms with E-state index in [4.69, 9.17) is 11.6 Å². The molecule has 2 aromatic rings. The molecule has 1 aromatic heterocycles. The van der Waals surface area contributed by atoms with Crippen molar-refractivity contribution in [1.82, 2.24) is 0 Å². The van der Waals surface area contributed by atoms with Crippen LogP contribution in [0.2, 0.25) is 5.02 Å².